The first-order valence-electron chi connectivity index (χ1n) is 7.87. The number of aryl methyl sites for hydroxylation is 1. The fourth-order valence-corrected chi connectivity index (χ4v) is 3.52. The van der Waals surface area contributed by atoms with E-state index in [1.807, 2.05) is 24.3 Å². The molecule has 3 nitrogen and oxygen atoms in total. The molecule has 5 heteroatoms. The molecule has 0 aromatic heterocycles. The molecular formula is C18H25NaO3S. The van der Waals surface area contributed by atoms with E-state index in [2.05, 4.69) is 20.8 Å². The molecule has 0 unspecified atom stereocenters. The van der Waals surface area contributed by atoms with E-state index >= 15 is 0 Å². The van der Waals surface area contributed by atoms with Gasteiger partial charge in [-0.05, 0) is 47.6 Å². The van der Waals surface area contributed by atoms with Gasteiger partial charge in [-0.15, -0.1) is 0 Å². The Bertz CT molecular complexity index is 729. The van der Waals surface area contributed by atoms with Crippen molar-refractivity contribution in [3.63, 3.8) is 0 Å². The third-order valence-electron chi connectivity index (χ3n) is 4.06. The summed E-state index contributed by atoms with van der Waals surface area (Å²) in [4.78, 5) is 0.0344. The van der Waals surface area contributed by atoms with E-state index in [9.17, 15) is 13.0 Å². The maximum Gasteiger partial charge on any atom is 1.00 e. The van der Waals surface area contributed by atoms with Crippen molar-refractivity contribution >= 4 is 10.1 Å². The Labute approximate surface area is 163 Å². The summed E-state index contributed by atoms with van der Waals surface area (Å²) in [6.07, 6.45) is 4.09. The monoisotopic (exact) mass is 344 g/mol. The molecule has 0 saturated carbocycles. The van der Waals surface area contributed by atoms with Crippen molar-refractivity contribution in [2.24, 2.45) is 0 Å². The standard InChI is InChI=1S/C18H24O3S.Na.H/c1-4-5-6-8-15-12-18(22(19,20)21)17-11-14(13(2)3)9-7-10-16(15)17;;/h7,9-13H,4-6,8H2,1-3H3,(H,19,20,21);;/q;+1;-1. The molecule has 0 saturated heterocycles. The van der Waals surface area contributed by atoms with Gasteiger partial charge in [-0.1, -0.05) is 51.8 Å². The number of hydrogen-bond acceptors (Lipinski definition) is 2. The average Bonchev–Trinajstić information content (AvgIpc) is 2.63. The van der Waals surface area contributed by atoms with Crippen LogP contribution in [-0.4, -0.2) is 13.0 Å². The number of rotatable bonds is 6. The minimum atomic E-state index is -4.21. The van der Waals surface area contributed by atoms with E-state index in [0.717, 1.165) is 42.4 Å². The summed E-state index contributed by atoms with van der Waals surface area (Å²) in [5.41, 5.74) is 3.62. The Hall–Kier alpha value is -0.390. The Kier molecular flexibility index (Phi) is 7.75. The van der Waals surface area contributed by atoms with Gasteiger partial charge in [-0.25, -0.2) is 0 Å². The maximum absolute atomic E-state index is 11.7. The zero-order chi connectivity index (χ0) is 16.3. The van der Waals surface area contributed by atoms with Gasteiger partial charge >= 0.3 is 29.6 Å². The minimum absolute atomic E-state index is 0. The Morgan fingerprint density at radius 3 is 2.39 bits per heavy atom. The predicted molar refractivity (Wildman–Crippen MR) is 91.3 cm³/mol. The summed E-state index contributed by atoms with van der Waals surface area (Å²) in [5, 5.41) is 0. The van der Waals surface area contributed by atoms with Gasteiger partial charge in [-0.2, -0.15) is 8.42 Å². The second kappa shape index (κ2) is 8.63. The minimum Gasteiger partial charge on any atom is -1.00 e. The summed E-state index contributed by atoms with van der Waals surface area (Å²) in [6.45, 7) is 6.28. The molecule has 0 bridgehead atoms. The molecule has 2 aliphatic carbocycles. The molecule has 2 aliphatic rings. The van der Waals surface area contributed by atoms with Gasteiger partial charge in [0.1, 0.15) is 4.90 Å². The SMILES string of the molecule is CCCCCc1cc(S(=O)(=O)O)c2cc(C(C)C)cccc1-2.[H-].[Na+]. The van der Waals surface area contributed by atoms with Crippen molar-refractivity contribution < 1.29 is 44.0 Å². The van der Waals surface area contributed by atoms with E-state index in [-0.39, 0.29) is 35.9 Å². The Morgan fingerprint density at radius 2 is 1.83 bits per heavy atom. The summed E-state index contributed by atoms with van der Waals surface area (Å²) < 4.78 is 33.0. The molecule has 0 aliphatic heterocycles. The van der Waals surface area contributed by atoms with Crippen molar-refractivity contribution in [1.29, 1.82) is 0 Å². The van der Waals surface area contributed by atoms with Crippen molar-refractivity contribution in [2.75, 3.05) is 0 Å². The fraction of sp³-hybridized carbons (Fsp3) is 0.444. The van der Waals surface area contributed by atoms with Crippen LogP contribution in [0.1, 0.15) is 58.5 Å². The van der Waals surface area contributed by atoms with E-state index in [1.165, 1.54) is 0 Å². The Morgan fingerprint density at radius 1 is 1.13 bits per heavy atom. The molecule has 0 aromatic carbocycles. The fourth-order valence-electron chi connectivity index (χ4n) is 2.78. The second-order valence-electron chi connectivity index (χ2n) is 6.12. The molecule has 2 rings (SSSR count). The predicted octanol–water partition coefficient (Wildman–Crippen LogP) is 2.01. The van der Waals surface area contributed by atoms with Crippen LogP contribution in [0.3, 0.4) is 0 Å². The normalized spacial score (nSPS) is 11.7. The topological polar surface area (TPSA) is 54.4 Å². The molecular weight excluding hydrogens is 319 g/mol. The van der Waals surface area contributed by atoms with Crippen molar-refractivity contribution in [1.82, 2.24) is 0 Å². The van der Waals surface area contributed by atoms with Gasteiger partial charge in [-0.3, -0.25) is 4.55 Å². The molecule has 0 fully saturated rings. The molecule has 0 heterocycles. The molecule has 23 heavy (non-hydrogen) atoms. The number of fused-ring (bicyclic) bond motifs is 1. The van der Waals surface area contributed by atoms with Crippen LogP contribution < -0.4 is 29.6 Å². The van der Waals surface area contributed by atoms with Crippen LogP contribution in [0.15, 0.2) is 35.2 Å². The van der Waals surface area contributed by atoms with E-state index in [0.29, 0.717) is 11.5 Å². The zero-order valence-electron chi connectivity index (χ0n) is 15.5. The van der Waals surface area contributed by atoms with Crippen molar-refractivity contribution in [3.05, 3.63) is 41.5 Å². The summed E-state index contributed by atoms with van der Waals surface area (Å²) >= 11 is 0. The van der Waals surface area contributed by atoms with E-state index in [1.54, 1.807) is 6.07 Å². The third kappa shape index (κ3) is 5.04. The molecule has 0 atom stereocenters. The van der Waals surface area contributed by atoms with Gasteiger partial charge in [0.2, 0.25) is 0 Å². The zero-order valence-corrected chi connectivity index (χ0v) is 17.3. The van der Waals surface area contributed by atoms with E-state index in [4.69, 9.17) is 0 Å². The number of hydrogen-bond donors (Lipinski definition) is 1. The van der Waals surface area contributed by atoms with Crippen LogP contribution in [0.4, 0.5) is 0 Å². The van der Waals surface area contributed by atoms with Gasteiger partial charge in [0, 0.05) is 5.56 Å². The van der Waals surface area contributed by atoms with Gasteiger partial charge < -0.3 is 1.43 Å². The third-order valence-corrected chi connectivity index (χ3v) is 4.96. The quantitative estimate of drug-likeness (QED) is 0.495. The molecule has 0 aromatic rings. The van der Waals surface area contributed by atoms with Crippen molar-refractivity contribution in [2.45, 2.75) is 57.3 Å². The second-order valence-corrected chi connectivity index (χ2v) is 7.51. The van der Waals surface area contributed by atoms with Gasteiger partial charge in [0.25, 0.3) is 10.1 Å². The summed E-state index contributed by atoms with van der Waals surface area (Å²) in [5.74, 6) is 0.295. The Balaban J connectivity index is 0.00000264. The molecule has 0 spiro atoms. The van der Waals surface area contributed by atoms with Crippen LogP contribution in [0, 0.1) is 0 Å². The first-order valence-corrected chi connectivity index (χ1v) is 9.31. The largest absolute Gasteiger partial charge is 1.00 e. The van der Waals surface area contributed by atoms with Gasteiger partial charge in [0.15, 0.2) is 0 Å². The average molecular weight is 344 g/mol. The molecule has 0 amide bonds. The summed E-state index contributed by atoms with van der Waals surface area (Å²) in [7, 11) is -4.21. The number of unbranched alkanes of at least 4 members (excludes halogenated alkanes) is 2. The molecule has 122 valence electrons. The van der Waals surface area contributed by atoms with Crippen LogP contribution >= 0.6 is 0 Å². The molecule has 1 N–H and O–H groups in total. The van der Waals surface area contributed by atoms with Crippen LogP contribution in [0.5, 0.6) is 0 Å². The van der Waals surface area contributed by atoms with Gasteiger partial charge in [0.05, 0.1) is 0 Å². The first kappa shape index (κ1) is 20.7. The van der Waals surface area contributed by atoms with Crippen LogP contribution in [-0.2, 0) is 16.5 Å². The molecule has 0 radical (unpaired) electrons. The van der Waals surface area contributed by atoms with E-state index < -0.39 is 10.1 Å². The van der Waals surface area contributed by atoms with Crippen LogP contribution in [0.2, 0.25) is 0 Å². The maximum atomic E-state index is 11.7. The smallest absolute Gasteiger partial charge is 1.00 e. The van der Waals surface area contributed by atoms with Crippen molar-refractivity contribution in [3.8, 4) is 11.1 Å². The first-order chi connectivity index (χ1) is 10.3. The van der Waals surface area contributed by atoms with Crippen LogP contribution in [0.25, 0.3) is 11.1 Å². The summed E-state index contributed by atoms with van der Waals surface area (Å²) in [6, 6.07) is 9.46.